The van der Waals surface area contributed by atoms with Gasteiger partial charge < -0.3 is 4.57 Å². The molecule has 0 atom stereocenters. The fourth-order valence-electron chi connectivity index (χ4n) is 1.98. The van der Waals surface area contributed by atoms with Crippen LogP contribution in [0.4, 0.5) is 0 Å². The first kappa shape index (κ1) is 13.8. The van der Waals surface area contributed by atoms with E-state index in [9.17, 15) is 4.79 Å². The van der Waals surface area contributed by atoms with Crippen molar-refractivity contribution in [2.75, 3.05) is 5.88 Å². The molecule has 0 aliphatic rings. The summed E-state index contributed by atoms with van der Waals surface area (Å²) in [4.78, 5) is 13.0. The van der Waals surface area contributed by atoms with Gasteiger partial charge in [0, 0.05) is 26.3 Å². The molecular formula is C13H13BrClNOS. The van der Waals surface area contributed by atoms with Crippen LogP contribution in [0, 0.1) is 13.8 Å². The number of thiophene rings is 1. The zero-order valence-electron chi connectivity index (χ0n) is 10.2. The number of aryl methyl sites for hydroxylation is 1. The maximum Gasteiger partial charge on any atom is 0.179 e. The van der Waals surface area contributed by atoms with E-state index in [0.717, 1.165) is 28.0 Å². The minimum Gasteiger partial charge on any atom is -0.343 e. The van der Waals surface area contributed by atoms with Gasteiger partial charge in [-0.15, -0.1) is 22.9 Å². The van der Waals surface area contributed by atoms with Crippen molar-refractivity contribution in [2.45, 2.75) is 20.4 Å². The average molecular weight is 347 g/mol. The molecule has 0 bridgehead atoms. The first-order chi connectivity index (χ1) is 8.54. The normalized spacial score (nSPS) is 10.9. The number of nitrogens with zero attached hydrogens (tertiary/aromatic N) is 1. The van der Waals surface area contributed by atoms with Crippen LogP contribution in [0.1, 0.15) is 26.6 Å². The van der Waals surface area contributed by atoms with E-state index in [2.05, 4.69) is 25.9 Å². The van der Waals surface area contributed by atoms with Crippen LogP contribution in [0.5, 0.6) is 0 Å². The van der Waals surface area contributed by atoms with Crippen LogP contribution < -0.4 is 0 Å². The number of carbonyl (C=O) groups is 1. The van der Waals surface area contributed by atoms with E-state index >= 15 is 0 Å². The van der Waals surface area contributed by atoms with Gasteiger partial charge >= 0.3 is 0 Å². The van der Waals surface area contributed by atoms with Crippen LogP contribution in [0.3, 0.4) is 0 Å². The fraction of sp³-hybridized carbons (Fsp3) is 0.308. The molecule has 0 amide bonds. The van der Waals surface area contributed by atoms with E-state index in [1.165, 1.54) is 4.88 Å². The lowest BCUT2D eigenvalue weighted by Crippen LogP contribution is -2.06. The number of alkyl halides is 1. The van der Waals surface area contributed by atoms with Crippen molar-refractivity contribution in [2.24, 2.45) is 0 Å². The van der Waals surface area contributed by atoms with Crippen molar-refractivity contribution in [3.05, 3.63) is 43.8 Å². The van der Waals surface area contributed by atoms with Gasteiger partial charge in [-0.25, -0.2) is 0 Å². The van der Waals surface area contributed by atoms with Crippen LogP contribution in [0.25, 0.3) is 0 Å². The number of hydrogen-bond acceptors (Lipinski definition) is 2. The summed E-state index contributed by atoms with van der Waals surface area (Å²) < 4.78 is 3.27. The number of Topliss-reactive ketones (excluding diaryl/α,β-unsaturated/α-hetero) is 1. The van der Waals surface area contributed by atoms with Crippen LogP contribution in [-0.4, -0.2) is 16.2 Å². The Hall–Kier alpha value is -0.580. The van der Waals surface area contributed by atoms with E-state index < -0.39 is 0 Å². The maximum atomic E-state index is 11.7. The first-order valence-electron chi connectivity index (χ1n) is 5.52. The molecule has 2 aromatic rings. The molecule has 0 spiro atoms. The van der Waals surface area contributed by atoms with Crippen molar-refractivity contribution < 1.29 is 4.79 Å². The minimum absolute atomic E-state index is 0.0127. The van der Waals surface area contributed by atoms with Gasteiger partial charge in [-0.3, -0.25) is 4.79 Å². The summed E-state index contributed by atoms with van der Waals surface area (Å²) in [5.41, 5.74) is 2.80. The lowest BCUT2D eigenvalue weighted by molar-refractivity contribution is 0.102. The van der Waals surface area contributed by atoms with Crippen molar-refractivity contribution >= 4 is 44.7 Å². The average Bonchev–Trinajstić information content (AvgIpc) is 2.87. The highest BCUT2D eigenvalue weighted by Gasteiger charge is 2.15. The van der Waals surface area contributed by atoms with Gasteiger partial charge in [-0.2, -0.15) is 0 Å². The molecule has 2 rings (SSSR count). The Morgan fingerprint density at radius 3 is 2.78 bits per heavy atom. The van der Waals surface area contributed by atoms with Crippen LogP contribution in [-0.2, 0) is 6.54 Å². The monoisotopic (exact) mass is 345 g/mol. The van der Waals surface area contributed by atoms with Crippen LogP contribution in [0.15, 0.2) is 22.0 Å². The predicted octanol–water partition coefficient (Wildman–Crippen LogP) is 4.40. The fourth-order valence-corrected chi connectivity index (χ4v) is 3.59. The summed E-state index contributed by atoms with van der Waals surface area (Å²) in [7, 11) is 0. The molecule has 96 valence electrons. The Labute approximate surface area is 124 Å². The second-order valence-corrected chi connectivity index (χ2v) is 6.24. The van der Waals surface area contributed by atoms with Gasteiger partial charge in [0.2, 0.25) is 0 Å². The minimum atomic E-state index is -0.0127. The third-order valence-electron chi connectivity index (χ3n) is 2.99. The lowest BCUT2D eigenvalue weighted by atomic mass is 10.2. The van der Waals surface area contributed by atoms with Gasteiger partial charge in [0.15, 0.2) is 5.78 Å². The molecule has 0 radical (unpaired) electrons. The molecule has 0 fully saturated rings. The summed E-state index contributed by atoms with van der Waals surface area (Å²) >= 11 is 10.9. The summed E-state index contributed by atoms with van der Waals surface area (Å²) in [6, 6.07) is 3.96. The van der Waals surface area contributed by atoms with E-state index in [-0.39, 0.29) is 11.7 Å². The summed E-state index contributed by atoms with van der Waals surface area (Å²) in [5, 5.41) is 2.05. The summed E-state index contributed by atoms with van der Waals surface area (Å²) in [5.74, 6) is 0.0220. The highest BCUT2D eigenvalue weighted by atomic mass is 79.9. The Morgan fingerprint density at radius 2 is 2.22 bits per heavy atom. The third-order valence-corrected chi connectivity index (χ3v) is 5.14. The van der Waals surface area contributed by atoms with Gasteiger partial charge in [0.1, 0.15) is 0 Å². The van der Waals surface area contributed by atoms with Crippen molar-refractivity contribution in [3.8, 4) is 0 Å². The van der Waals surface area contributed by atoms with E-state index in [4.69, 9.17) is 11.6 Å². The Kier molecular flexibility index (Phi) is 4.30. The Balaban J connectivity index is 2.37. The smallest absolute Gasteiger partial charge is 0.179 e. The summed E-state index contributed by atoms with van der Waals surface area (Å²) in [6.45, 7) is 4.76. The number of hydrogen-bond donors (Lipinski definition) is 0. The molecule has 0 aliphatic carbocycles. The zero-order chi connectivity index (χ0) is 13.3. The lowest BCUT2D eigenvalue weighted by Gasteiger charge is -2.08. The molecule has 5 heteroatoms. The molecule has 2 aromatic heterocycles. The van der Waals surface area contributed by atoms with E-state index in [1.54, 1.807) is 11.3 Å². The molecule has 0 aliphatic heterocycles. The van der Waals surface area contributed by atoms with E-state index in [0.29, 0.717) is 0 Å². The predicted molar refractivity (Wildman–Crippen MR) is 80.1 cm³/mol. The number of aromatic nitrogens is 1. The van der Waals surface area contributed by atoms with Crippen molar-refractivity contribution in [1.82, 2.24) is 4.57 Å². The standard InChI is InChI=1S/C13H13BrClNOS/c1-8-5-10(12(17)6-15)9(2)16(8)7-13-11(14)3-4-18-13/h3-5H,6-7H2,1-2H3. The van der Waals surface area contributed by atoms with Gasteiger partial charge in [0.05, 0.1) is 12.4 Å². The largest absolute Gasteiger partial charge is 0.343 e. The van der Waals surface area contributed by atoms with Crippen molar-refractivity contribution in [3.63, 3.8) is 0 Å². The number of halogens is 2. The molecule has 0 unspecified atom stereocenters. The summed E-state index contributed by atoms with van der Waals surface area (Å²) in [6.07, 6.45) is 0. The van der Waals surface area contributed by atoms with Gasteiger partial charge in [-0.05, 0) is 47.3 Å². The topological polar surface area (TPSA) is 22.0 Å². The number of carbonyl (C=O) groups excluding carboxylic acids is 1. The van der Waals surface area contributed by atoms with E-state index in [1.807, 2.05) is 26.0 Å². The van der Waals surface area contributed by atoms with Crippen LogP contribution in [0.2, 0.25) is 0 Å². The third kappa shape index (κ3) is 2.56. The molecule has 2 nitrogen and oxygen atoms in total. The maximum absolute atomic E-state index is 11.7. The van der Waals surface area contributed by atoms with Crippen molar-refractivity contribution in [1.29, 1.82) is 0 Å². The van der Waals surface area contributed by atoms with Crippen LogP contribution >= 0.6 is 38.9 Å². The molecule has 0 aromatic carbocycles. The second kappa shape index (κ2) is 5.59. The number of rotatable bonds is 4. The number of ketones is 1. The quantitative estimate of drug-likeness (QED) is 0.594. The zero-order valence-corrected chi connectivity index (χ0v) is 13.3. The molecular weight excluding hydrogens is 334 g/mol. The molecule has 2 heterocycles. The highest BCUT2D eigenvalue weighted by molar-refractivity contribution is 9.10. The first-order valence-corrected chi connectivity index (χ1v) is 7.73. The molecule has 0 N–H and O–H groups in total. The molecule has 0 saturated heterocycles. The highest BCUT2D eigenvalue weighted by Crippen LogP contribution is 2.26. The Morgan fingerprint density at radius 1 is 1.50 bits per heavy atom. The van der Waals surface area contributed by atoms with Gasteiger partial charge in [-0.1, -0.05) is 0 Å². The SMILES string of the molecule is Cc1cc(C(=O)CCl)c(C)n1Cc1sccc1Br. The Bertz CT molecular complexity index is 588. The second-order valence-electron chi connectivity index (χ2n) is 4.12. The van der Waals surface area contributed by atoms with Gasteiger partial charge in [0.25, 0.3) is 0 Å². The molecule has 0 saturated carbocycles. The molecule has 18 heavy (non-hydrogen) atoms.